The van der Waals surface area contributed by atoms with Gasteiger partial charge in [-0.1, -0.05) is 6.08 Å². The number of anilines is 2. The van der Waals surface area contributed by atoms with E-state index in [0.29, 0.717) is 67.1 Å². The van der Waals surface area contributed by atoms with Crippen LogP contribution in [0.4, 0.5) is 20.3 Å². The second-order valence-electron chi connectivity index (χ2n) is 8.58. The Kier molecular flexibility index (Phi) is 5.87. The molecule has 0 N–H and O–H groups in total. The van der Waals surface area contributed by atoms with Gasteiger partial charge >= 0.3 is 0 Å². The zero-order valence-electron chi connectivity index (χ0n) is 19.1. The van der Waals surface area contributed by atoms with Crippen molar-refractivity contribution in [2.75, 3.05) is 56.7 Å². The highest BCUT2D eigenvalue weighted by molar-refractivity contribution is 6.02. The molecule has 0 saturated carbocycles. The van der Waals surface area contributed by atoms with Crippen LogP contribution in [0.2, 0.25) is 0 Å². The highest BCUT2D eigenvalue weighted by atomic mass is 19.1. The maximum Gasteiger partial charge on any atom is 0.253 e. The molecule has 5 rings (SSSR count). The van der Waals surface area contributed by atoms with Crippen LogP contribution in [0.25, 0.3) is 16.7 Å². The van der Waals surface area contributed by atoms with Gasteiger partial charge in [-0.25, -0.2) is 13.8 Å². The number of aromatic nitrogens is 2. The van der Waals surface area contributed by atoms with Crippen molar-refractivity contribution in [1.82, 2.24) is 14.9 Å². The topological polar surface area (TPSA) is 61.8 Å². The molecule has 34 heavy (non-hydrogen) atoms. The largest absolute Gasteiger partial charge is 0.378 e. The third kappa shape index (κ3) is 4.19. The number of benzene rings is 2. The minimum atomic E-state index is -0.642. The quantitative estimate of drug-likeness (QED) is 0.586. The molecule has 7 nitrogen and oxygen atoms in total. The molecule has 3 heterocycles. The molecule has 0 spiro atoms. The predicted molar refractivity (Wildman–Crippen MR) is 127 cm³/mol. The van der Waals surface area contributed by atoms with E-state index in [0.717, 1.165) is 17.6 Å². The number of ether oxygens (including phenoxy) is 1. The smallest absolute Gasteiger partial charge is 0.253 e. The molecule has 0 unspecified atom stereocenters. The number of morpholine rings is 1. The van der Waals surface area contributed by atoms with Crippen LogP contribution >= 0.6 is 0 Å². The lowest BCUT2D eigenvalue weighted by Crippen LogP contribution is -2.36. The summed E-state index contributed by atoms with van der Waals surface area (Å²) in [6, 6.07) is 7.00. The second-order valence-corrected chi connectivity index (χ2v) is 8.58. The Balaban J connectivity index is 1.66. The van der Waals surface area contributed by atoms with Crippen molar-refractivity contribution in [2.45, 2.75) is 6.42 Å². The van der Waals surface area contributed by atoms with Crippen molar-refractivity contribution in [1.29, 1.82) is 0 Å². The van der Waals surface area contributed by atoms with Gasteiger partial charge in [0.25, 0.3) is 5.91 Å². The van der Waals surface area contributed by atoms with Gasteiger partial charge in [-0.2, -0.15) is 0 Å². The first-order valence-corrected chi connectivity index (χ1v) is 11.2. The lowest BCUT2D eigenvalue weighted by molar-refractivity contribution is 0.0827. The van der Waals surface area contributed by atoms with E-state index in [-0.39, 0.29) is 5.91 Å². The first kappa shape index (κ1) is 22.2. The fourth-order valence-corrected chi connectivity index (χ4v) is 4.41. The summed E-state index contributed by atoms with van der Waals surface area (Å²) in [5, 5.41) is 0. The SMILES string of the molecule is CN(C)C(=O)c1cc(C2=CCCN2c2cc(F)cc(F)c2)c2nc(N3CCOCC3)cnc2c1. The second kappa shape index (κ2) is 8.98. The molecule has 0 aliphatic carbocycles. The summed E-state index contributed by atoms with van der Waals surface area (Å²) in [5.74, 6) is -0.719. The Hall–Kier alpha value is -3.59. The first-order chi connectivity index (χ1) is 16.4. The molecular weight excluding hydrogens is 440 g/mol. The number of fused-ring (bicyclic) bond motifs is 1. The summed E-state index contributed by atoms with van der Waals surface area (Å²) in [7, 11) is 3.38. The number of rotatable bonds is 4. The lowest BCUT2D eigenvalue weighted by atomic mass is 10.0. The van der Waals surface area contributed by atoms with Crippen molar-refractivity contribution >= 4 is 34.1 Å². The highest BCUT2D eigenvalue weighted by Gasteiger charge is 2.25. The van der Waals surface area contributed by atoms with Gasteiger partial charge in [-0.15, -0.1) is 0 Å². The van der Waals surface area contributed by atoms with Gasteiger partial charge in [0.1, 0.15) is 23.0 Å². The van der Waals surface area contributed by atoms with E-state index in [2.05, 4.69) is 9.88 Å². The van der Waals surface area contributed by atoms with Crippen LogP contribution in [0.15, 0.2) is 42.6 Å². The van der Waals surface area contributed by atoms with Crippen LogP contribution < -0.4 is 9.80 Å². The minimum Gasteiger partial charge on any atom is -0.378 e. The Morgan fingerprint density at radius 3 is 2.47 bits per heavy atom. The third-order valence-electron chi connectivity index (χ3n) is 6.04. The van der Waals surface area contributed by atoms with E-state index in [1.54, 1.807) is 32.4 Å². The number of hydrogen-bond acceptors (Lipinski definition) is 6. The molecule has 0 radical (unpaired) electrons. The predicted octanol–water partition coefficient (Wildman–Crippen LogP) is 3.70. The van der Waals surface area contributed by atoms with Crippen molar-refractivity contribution in [3.63, 3.8) is 0 Å². The van der Waals surface area contributed by atoms with Crippen LogP contribution in [0.5, 0.6) is 0 Å². The number of hydrogen-bond donors (Lipinski definition) is 0. The summed E-state index contributed by atoms with van der Waals surface area (Å²) in [6.45, 7) is 3.22. The average molecular weight is 466 g/mol. The van der Waals surface area contributed by atoms with E-state index in [1.165, 1.54) is 17.0 Å². The average Bonchev–Trinajstić information content (AvgIpc) is 3.32. The summed E-state index contributed by atoms with van der Waals surface area (Å²) in [6.07, 6.45) is 4.41. The fourth-order valence-electron chi connectivity index (χ4n) is 4.41. The maximum atomic E-state index is 14.0. The molecule has 2 aromatic carbocycles. The number of amides is 1. The van der Waals surface area contributed by atoms with E-state index in [1.807, 2.05) is 11.0 Å². The van der Waals surface area contributed by atoms with Gasteiger partial charge < -0.3 is 19.4 Å². The summed E-state index contributed by atoms with van der Waals surface area (Å²) in [4.78, 5) is 27.9. The van der Waals surface area contributed by atoms with Crippen LogP contribution in [0.1, 0.15) is 22.3 Å². The van der Waals surface area contributed by atoms with Gasteiger partial charge in [-0.3, -0.25) is 9.78 Å². The summed E-state index contributed by atoms with van der Waals surface area (Å²) in [5.41, 5.74) is 3.55. The fraction of sp³-hybridized carbons (Fsp3) is 0.320. The molecule has 1 fully saturated rings. The summed E-state index contributed by atoms with van der Waals surface area (Å²) >= 11 is 0. The molecule has 9 heteroatoms. The van der Waals surface area contributed by atoms with Gasteiger partial charge in [0.05, 0.1) is 24.9 Å². The van der Waals surface area contributed by atoms with Crippen LogP contribution in [-0.2, 0) is 4.74 Å². The standard InChI is InChI=1S/C25H25F2N5O2/c1-30(2)25(33)16-10-20(22-4-3-5-32(22)19-13-17(26)12-18(27)14-19)24-21(11-16)28-15-23(29-24)31-6-8-34-9-7-31/h4,10-15H,3,5-9H2,1-2H3. The molecule has 2 aliphatic heterocycles. The monoisotopic (exact) mass is 465 g/mol. The minimum absolute atomic E-state index is 0.163. The normalized spacial score (nSPS) is 16.2. The molecule has 1 saturated heterocycles. The zero-order valence-corrected chi connectivity index (χ0v) is 19.1. The number of carbonyl (C=O) groups is 1. The molecule has 0 bridgehead atoms. The van der Waals surface area contributed by atoms with Gasteiger partial charge in [0, 0.05) is 62.3 Å². The molecular formula is C25H25F2N5O2. The van der Waals surface area contributed by atoms with Gasteiger partial charge in [-0.05, 0) is 30.7 Å². The molecule has 0 atom stereocenters. The van der Waals surface area contributed by atoms with Crippen LogP contribution in [-0.4, -0.2) is 67.7 Å². The van der Waals surface area contributed by atoms with E-state index in [9.17, 15) is 13.6 Å². The maximum absolute atomic E-state index is 14.0. The first-order valence-electron chi connectivity index (χ1n) is 11.2. The lowest BCUT2D eigenvalue weighted by Gasteiger charge is -2.28. The van der Waals surface area contributed by atoms with Crippen molar-refractivity contribution in [3.05, 3.63) is 65.4 Å². The summed E-state index contributed by atoms with van der Waals surface area (Å²) < 4.78 is 33.5. The molecule has 2 aliphatic rings. The van der Waals surface area contributed by atoms with Crippen molar-refractivity contribution < 1.29 is 18.3 Å². The third-order valence-corrected chi connectivity index (χ3v) is 6.04. The van der Waals surface area contributed by atoms with Crippen LogP contribution in [0, 0.1) is 11.6 Å². The molecule has 1 aromatic heterocycles. The van der Waals surface area contributed by atoms with Crippen molar-refractivity contribution in [2.24, 2.45) is 0 Å². The molecule has 1 amide bonds. The van der Waals surface area contributed by atoms with E-state index in [4.69, 9.17) is 9.72 Å². The Labute approximate surface area is 196 Å². The highest BCUT2D eigenvalue weighted by Crippen LogP contribution is 2.36. The molecule has 176 valence electrons. The number of nitrogens with zero attached hydrogens (tertiary/aromatic N) is 5. The van der Waals surface area contributed by atoms with Crippen LogP contribution in [0.3, 0.4) is 0 Å². The number of carbonyl (C=O) groups excluding carboxylic acids is 1. The Morgan fingerprint density at radius 1 is 1.03 bits per heavy atom. The Bertz CT molecular complexity index is 1270. The zero-order chi connectivity index (χ0) is 23.8. The molecule has 3 aromatic rings. The van der Waals surface area contributed by atoms with Gasteiger partial charge in [0.2, 0.25) is 0 Å². The van der Waals surface area contributed by atoms with Crippen molar-refractivity contribution in [3.8, 4) is 0 Å². The number of halogens is 2. The van der Waals surface area contributed by atoms with Gasteiger partial charge in [0.15, 0.2) is 0 Å². The van der Waals surface area contributed by atoms with E-state index >= 15 is 0 Å². The van der Waals surface area contributed by atoms with E-state index < -0.39 is 11.6 Å². The Morgan fingerprint density at radius 2 is 1.76 bits per heavy atom.